The Morgan fingerprint density at radius 2 is 1.38 bits per heavy atom. The SMILES string of the molecule is CC(=O)C(N)C(N)(C(C)=O)C(C)=O. The van der Waals surface area contributed by atoms with E-state index in [1.165, 1.54) is 6.92 Å². The lowest BCUT2D eigenvalue weighted by molar-refractivity contribution is -0.137. The Morgan fingerprint density at radius 1 is 1.08 bits per heavy atom. The molecule has 0 aromatic rings. The largest absolute Gasteiger partial charge is 0.319 e. The average molecular weight is 186 g/mol. The predicted octanol–water partition coefficient (Wildman–Crippen LogP) is -1.22. The van der Waals surface area contributed by atoms with Crippen LogP contribution in [0.3, 0.4) is 0 Å². The van der Waals surface area contributed by atoms with E-state index in [-0.39, 0.29) is 0 Å². The van der Waals surface area contributed by atoms with E-state index < -0.39 is 28.9 Å². The molecule has 0 aromatic carbocycles. The Hall–Kier alpha value is -1.07. The summed E-state index contributed by atoms with van der Waals surface area (Å²) < 4.78 is 0. The molecule has 0 rings (SSSR count). The molecule has 0 spiro atoms. The summed E-state index contributed by atoms with van der Waals surface area (Å²) in [5.41, 5.74) is 8.99. The number of carbonyl (C=O) groups excluding carboxylic acids is 3. The summed E-state index contributed by atoms with van der Waals surface area (Å²) >= 11 is 0. The molecule has 0 heterocycles. The quantitative estimate of drug-likeness (QED) is 0.535. The van der Waals surface area contributed by atoms with Crippen LogP contribution in [0.2, 0.25) is 0 Å². The van der Waals surface area contributed by atoms with Crippen molar-refractivity contribution in [3.63, 3.8) is 0 Å². The maximum Gasteiger partial charge on any atom is 0.159 e. The third-order valence-electron chi connectivity index (χ3n) is 2.09. The van der Waals surface area contributed by atoms with E-state index in [0.717, 1.165) is 13.8 Å². The summed E-state index contributed by atoms with van der Waals surface area (Å²) in [5.74, 6) is -1.67. The summed E-state index contributed by atoms with van der Waals surface area (Å²) in [4.78, 5) is 33.0. The highest BCUT2D eigenvalue weighted by molar-refractivity contribution is 6.14. The van der Waals surface area contributed by atoms with Crippen molar-refractivity contribution in [1.82, 2.24) is 0 Å². The van der Waals surface area contributed by atoms with Gasteiger partial charge >= 0.3 is 0 Å². The van der Waals surface area contributed by atoms with Crippen molar-refractivity contribution in [3.8, 4) is 0 Å². The van der Waals surface area contributed by atoms with E-state index in [2.05, 4.69) is 0 Å². The third-order valence-corrected chi connectivity index (χ3v) is 2.09. The maximum atomic E-state index is 11.1. The number of carbonyl (C=O) groups is 3. The van der Waals surface area contributed by atoms with E-state index >= 15 is 0 Å². The molecule has 0 aromatic heterocycles. The van der Waals surface area contributed by atoms with Gasteiger partial charge in [0.25, 0.3) is 0 Å². The number of hydrogen-bond donors (Lipinski definition) is 2. The molecule has 74 valence electrons. The van der Waals surface area contributed by atoms with Gasteiger partial charge in [-0.1, -0.05) is 0 Å². The van der Waals surface area contributed by atoms with Gasteiger partial charge < -0.3 is 11.5 Å². The highest BCUT2D eigenvalue weighted by Gasteiger charge is 2.44. The van der Waals surface area contributed by atoms with Crippen LogP contribution in [0.15, 0.2) is 0 Å². The minimum absolute atomic E-state index is 0.479. The molecule has 13 heavy (non-hydrogen) atoms. The Morgan fingerprint density at radius 3 is 1.46 bits per heavy atom. The molecule has 4 N–H and O–H groups in total. The zero-order valence-electron chi connectivity index (χ0n) is 7.96. The van der Waals surface area contributed by atoms with Gasteiger partial charge in [0.1, 0.15) is 5.78 Å². The lowest BCUT2D eigenvalue weighted by Gasteiger charge is -2.28. The van der Waals surface area contributed by atoms with Crippen LogP contribution in [0.5, 0.6) is 0 Å². The first-order valence-electron chi connectivity index (χ1n) is 3.81. The van der Waals surface area contributed by atoms with Crippen molar-refractivity contribution in [2.45, 2.75) is 32.4 Å². The smallest absolute Gasteiger partial charge is 0.159 e. The van der Waals surface area contributed by atoms with Gasteiger partial charge in [-0.2, -0.15) is 0 Å². The molecule has 5 nitrogen and oxygen atoms in total. The molecular weight excluding hydrogens is 172 g/mol. The molecule has 0 saturated carbocycles. The normalized spacial score (nSPS) is 13.6. The van der Waals surface area contributed by atoms with Gasteiger partial charge in [0, 0.05) is 0 Å². The summed E-state index contributed by atoms with van der Waals surface area (Å²) in [6.07, 6.45) is 0. The molecule has 1 unspecified atom stereocenters. The number of hydrogen-bond acceptors (Lipinski definition) is 5. The lowest BCUT2D eigenvalue weighted by atomic mass is 9.82. The molecule has 0 amide bonds. The minimum Gasteiger partial charge on any atom is -0.319 e. The molecular formula is C8H14N2O3. The van der Waals surface area contributed by atoms with Crippen LogP contribution in [0.1, 0.15) is 20.8 Å². The molecule has 0 saturated heterocycles. The van der Waals surface area contributed by atoms with E-state index in [1.54, 1.807) is 0 Å². The van der Waals surface area contributed by atoms with Crippen LogP contribution < -0.4 is 11.5 Å². The number of ketones is 3. The topological polar surface area (TPSA) is 103 Å². The van der Waals surface area contributed by atoms with Gasteiger partial charge in [-0.15, -0.1) is 0 Å². The second kappa shape index (κ2) is 3.76. The van der Waals surface area contributed by atoms with E-state index in [0.29, 0.717) is 0 Å². The van der Waals surface area contributed by atoms with Crippen molar-refractivity contribution in [2.75, 3.05) is 0 Å². The van der Waals surface area contributed by atoms with Crippen LogP contribution in [0, 0.1) is 0 Å². The fourth-order valence-electron chi connectivity index (χ4n) is 1.01. The Balaban J connectivity index is 5.13. The zero-order valence-corrected chi connectivity index (χ0v) is 7.96. The highest BCUT2D eigenvalue weighted by atomic mass is 16.2. The molecule has 5 heteroatoms. The second-order valence-corrected chi connectivity index (χ2v) is 3.07. The fraction of sp³-hybridized carbons (Fsp3) is 0.625. The standard InChI is InChI=1S/C8H14N2O3/c1-4(11)7(9)8(10,5(2)12)6(3)13/h7H,9-10H2,1-3H3. The van der Waals surface area contributed by atoms with Gasteiger partial charge in [-0.3, -0.25) is 14.4 Å². The minimum atomic E-state index is -1.87. The highest BCUT2D eigenvalue weighted by Crippen LogP contribution is 2.09. The zero-order chi connectivity index (χ0) is 10.8. The molecule has 0 bridgehead atoms. The van der Waals surface area contributed by atoms with E-state index in [9.17, 15) is 14.4 Å². The molecule has 0 fully saturated rings. The van der Waals surface area contributed by atoms with Gasteiger partial charge in [-0.25, -0.2) is 0 Å². The van der Waals surface area contributed by atoms with Crippen molar-refractivity contribution in [1.29, 1.82) is 0 Å². The van der Waals surface area contributed by atoms with Gasteiger partial charge in [0.15, 0.2) is 17.1 Å². The number of nitrogens with two attached hydrogens (primary N) is 2. The predicted molar refractivity (Wildman–Crippen MR) is 46.9 cm³/mol. The summed E-state index contributed by atoms with van der Waals surface area (Å²) in [6, 6.07) is -1.26. The molecule has 0 aliphatic carbocycles. The second-order valence-electron chi connectivity index (χ2n) is 3.07. The Kier molecular flexibility index (Phi) is 3.45. The summed E-state index contributed by atoms with van der Waals surface area (Å²) in [7, 11) is 0. The first kappa shape index (κ1) is 11.9. The van der Waals surface area contributed by atoms with Crippen molar-refractivity contribution >= 4 is 17.3 Å². The molecule has 0 aliphatic heterocycles. The van der Waals surface area contributed by atoms with Crippen molar-refractivity contribution < 1.29 is 14.4 Å². The van der Waals surface area contributed by atoms with Crippen molar-refractivity contribution in [3.05, 3.63) is 0 Å². The van der Waals surface area contributed by atoms with Gasteiger partial charge in [0.2, 0.25) is 0 Å². The van der Waals surface area contributed by atoms with Gasteiger partial charge in [0.05, 0.1) is 6.04 Å². The Bertz CT molecular complexity index is 246. The van der Waals surface area contributed by atoms with Crippen LogP contribution in [-0.2, 0) is 14.4 Å². The van der Waals surface area contributed by atoms with Gasteiger partial charge in [-0.05, 0) is 20.8 Å². The number of rotatable bonds is 4. The van der Waals surface area contributed by atoms with E-state index in [1.807, 2.05) is 0 Å². The van der Waals surface area contributed by atoms with Crippen LogP contribution in [0.25, 0.3) is 0 Å². The number of Topliss-reactive ketones (excluding diaryl/α,β-unsaturated/α-hetero) is 3. The molecule has 0 aliphatic rings. The summed E-state index contributed by atoms with van der Waals surface area (Å²) in [5, 5.41) is 0. The lowest BCUT2D eigenvalue weighted by Crippen LogP contribution is -2.67. The van der Waals surface area contributed by atoms with Crippen molar-refractivity contribution in [2.24, 2.45) is 11.5 Å². The molecule has 1 atom stereocenters. The van der Waals surface area contributed by atoms with E-state index in [4.69, 9.17) is 11.5 Å². The fourth-order valence-corrected chi connectivity index (χ4v) is 1.01. The Labute approximate surface area is 76.5 Å². The maximum absolute atomic E-state index is 11.1. The summed E-state index contributed by atoms with van der Waals surface area (Å²) in [6.45, 7) is 3.48. The van der Waals surface area contributed by atoms with Crippen LogP contribution >= 0.6 is 0 Å². The third kappa shape index (κ3) is 1.99. The van der Waals surface area contributed by atoms with Crippen LogP contribution in [-0.4, -0.2) is 28.9 Å². The first-order chi connectivity index (χ1) is 5.74. The monoisotopic (exact) mass is 186 g/mol. The average Bonchev–Trinajstić information content (AvgIpc) is 2.00. The molecule has 0 radical (unpaired) electrons. The van der Waals surface area contributed by atoms with Crippen LogP contribution in [0.4, 0.5) is 0 Å². The first-order valence-corrected chi connectivity index (χ1v) is 3.81.